The fourth-order valence-electron chi connectivity index (χ4n) is 3.31. The number of nitrogens with one attached hydrogen (secondary N) is 2. The van der Waals surface area contributed by atoms with Gasteiger partial charge in [0.05, 0.1) is 12.2 Å². The number of nitrogens with zero attached hydrogens (tertiary/aromatic N) is 1. The van der Waals surface area contributed by atoms with Crippen molar-refractivity contribution in [1.82, 2.24) is 15.5 Å². The van der Waals surface area contributed by atoms with Gasteiger partial charge in [-0.05, 0) is 50.8 Å². The molecule has 0 radical (unpaired) electrons. The second kappa shape index (κ2) is 9.76. The number of benzene rings is 1. The largest absolute Gasteiger partial charge is 0.573 e. The van der Waals surface area contributed by atoms with Gasteiger partial charge in [0.25, 0.3) is 0 Å². The number of carbonyl (C=O) groups excluding carboxylic acids is 2. The number of alkyl carbamates (subject to hydrolysis) is 1. The van der Waals surface area contributed by atoms with E-state index in [9.17, 15) is 22.8 Å². The average molecular weight is 445 g/mol. The van der Waals surface area contributed by atoms with Crippen LogP contribution in [0.25, 0.3) is 0 Å². The van der Waals surface area contributed by atoms with Crippen molar-refractivity contribution in [3.8, 4) is 5.75 Å². The first-order valence-corrected chi connectivity index (χ1v) is 10.1. The van der Waals surface area contributed by atoms with Gasteiger partial charge in [-0.25, -0.2) is 4.79 Å². The van der Waals surface area contributed by atoms with Gasteiger partial charge in [-0.3, -0.25) is 10.1 Å². The van der Waals surface area contributed by atoms with E-state index in [0.717, 1.165) is 0 Å². The molecule has 1 aromatic rings. The number of halogens is 3. The lowest BCUT2D eigenvalue weighted by Gasteiger charge is -2.27. The molecular formula is C21H30F3N3O4. The van der Waals surface area contributed by atoms with Gasteiger partial charge in [-0.2, -0.15) is 0 Å². The molecule has 1 aromatic carbocycles. The van der Waals surface area contributed by atoms with Crippen molar-refractivity contribution in [3.63, 3.8) is 0 Å². The zero-order valence-corrected chi connectivity index (χ0v) is 18.4. The fraction of sp³-hybridized carbons (Fsp3) is 0.619. The maximum atomic E-state index is 13.0. The molecule has 31 heavy (non-hydrogen) atoms. The number of amides is 2. The van der Waals surface area contributed by atoms with E-state index in [-0.39, 0.29) is 36.8 Å². The molecule has 7 nitrogen and oxygen atoms in total. The Labute approximate surface area is 180 Å². The highest BCUT2D eigenvalue weighted by Gasteiger charge is 2.40. The minimum absolute atomic E-state index is 0.0716. The molecule has 2 unspecified atom stereocenters. The molecule has 0 aromatic heterocycles. The molecule has 0 spiro atoms. The molecule has 1 fully saturated rings. The minimum atomic E-state index is -4.78. The number of hydrogen-bond acceptors (Lipinski definition) is 5. The van der Waals surface area contributed by atoms with E-state index >= 15 is 0 Å². The number of ether oxygens (including phenoxy) is 2. The SMILES string of the molecule is CC(C)C1NC(CCNC(=O)OC(C)(C)C)C(=O)N1Cc1cccc(OC(F)(F)F)c1. The second-order valence-corrected chi connectivity index (χ2v) is 8.79. The van der Waals surface area contributed by atoms with Crippen molar-refractivity contribution in [2.45, 2.75) is 71.8 Å². The lowest BCUT2D eigenvalue weighted by molar-refractivity contribution is -0.274. The normalized spacial score (nSPS) is 19.6. The molecule has 10 heteroatoms. The van der Waals surface area contributed by atoms with Crippen LogP contribution in [-0.4, -0.2) is 47.6 Å². The highest BCUT2D eigenvalue weighted by atomic mass is 19.4. The summed E-state index contributed by atoms with van der Waals surface area (Å²) in [7, 11) is 0. The van der Waals surface area contributed by atoms with E-state index in [0.29, 0.717) is 12.0 Å². The van der Waals surface area contributed by atoms with Crippen molar-refractivity contribution < 1.29 is 32.2 Å². The van der Waals surface area contributed by atoms with Crippen LogP contribution in [-0.2, 0) is 16.1 Å². The van der Waals surface area contributed by atoms with E-state index in [1.807, 2.05) is 13.8 Å². The number of carbonyl (C=O) groups is 2. The van der Waals surface area contributed by atoms with E-state index in [1.165, 1.54) is 18.2 Å². The summed E-state index contributed by atoms with van der Waals surface area (Å²) in [4.78, 5) is 26.3. The summed E-state index contributed by atoms with van der Waals surface area (Å²) in [6.07, 6.45) is -5.27. The monoisotopic (exact) mass is 445 g/mol. The third-order valence-corrected chi connectivity index (χ3v) is 4.51. The Morgan fingerprint density at radius 1 is 1.26 bits per heavy atom. The molecular weight excluding hydrogens is 415 g/mol. The van der Waals surface area contributed by atoms with E-state index < -0.39 is 24.1 Å². The van der Waals surface area contributed by atoms with E-state index in [2.05, 4.69) is 15.4 Å². The highest BCUT2D eigenvalue weighted by molar-refractivity contribution is 5.84. The summed E-state index contributed by atoms with van der Waals surface area (Å²) in [5, 5.41) is 5.89. The third kappa shape index (κ3) is 7.93. The lowest BCUT2D eigenvalue weighted by Crippen LogP contribution is -2.41. The van der Waals surface area contributed by atoms with Crippen LogP contribution in [0.2, 0.25) is 0 Å². The van der Waals surface area contributed by atoms with Gasteiger partial charge >= 0.3 is 12.5 Å². The summed E-state index contributed by atoms with van der Waals surface area (Å²) < 4.78 is 46.6. The van der Waals surface area contributed by atoms with Gasteiger partial charge in [0.15, 0.2) is 0 Å². The molecule has 2 N–H and O–H groups in total. The number of rotatable bonds is 7. The van der Waals surface area contributed by atoms with Crippen molar-refractivity contribution in [3.05, 3.63) is 29.8 Å². The maximum Gasteiger partial charge on any atom is 0.573 e. The zero-order chi connectivity index (χ0) is 23.4. The second-order valence-electron chi connectivity index (χ2n) is 8.79. The first-order valence-electron chi connectivity index (χ1n) is 10.1. The van der Waals surface area contributed by atoms with Crippen LogP contribution in [0, 0.1) is 5.92 Å². The maximum absolute atomic E-state index is 13.0. The smallest absolute Gasteiger partial charge is 0.444 e. The van der Waals surface area contributed by atoms with E-state index in [1.54, 1.807) is 31.7 Å². The minimum Gasteiger partial charge on any atom is -0.444 e. The molecule has 0 bridgehead atoms. The Balaban J connectivity index is 2.01. The van der Waals surface area contributed by atoms with Gasteiger partial charge < -0.3 is 19.7 Å². The van der Waals surface area contributed by atoms with Crippen LogP contribution in [0.3, 0.4) is 0 Å². The Hall–Kier alpha value is -2.49. The first-order chi connectivity index (χ1) is 14.2. The van der Waals surface area contributed by atoms with Crippen LogP contribution >= 0.6 is 0 Å². The Kier molecular flexibility index (Phi) is 7.80. The van der Waals surface area contributed by atoms with Gasteiger partial charge in [0.1, 0.15) is 11.4 Å². The van der Waals surface area contributed by atoms with Crippen LogP contribution in [0.5, 0.6) is 5.75 Å². The van der Waals surface area contributed by atoms with Crippen molar-refractivity contribution >= 4 is 12.0 Å². The predicted octanol–water partition coefficient (Wildman–Crippen LogP) is 3.78. The highest BCUT2D eigenvalue weighted by Crippen LogP contribution is 2.26. The van der Waals surface area contributed by atoms with Crippen LogP contribution in [0.4, 0.5) is 18.0 Å². The van der Waals surface area contributed by atoms with Crippen LogP contribution in [0.15, 0.2) is 24.3 Å². The average Bonchev–Trinajstić information content (AvgIpc) is 2.89. The molecule has 2 rings (SSSR count). The summed E-state index contributed by atoms with van der Waals surface area (Å²) in [6, 6.07) is 5.07. The van der Waals surface area contributed by atoms with Crippen molar-refractivity contribution in [2.24, 2.45) is 5.92 Å². The molecule has 1 aliphatic rings. The lowest BCUT2D eigenvalue weighted by atomic mass is 10.1. The summed E-state index contributed by atoms with van der Waals surface area (Å²) in [5.41, 5.74) is -0.0924. The van der Waals surface area contributed by atoms with E-state index in [4.69, 9.17) is 4.74 Å². The molecule has 2 atom stereocenters. The molecule has 1 saturated heterocycles. The molecule has 0 aliphatic carbocycles. The predicted molar refractivity (Wildman–Crippen MR) is 108 cm³/mol. The molecule has 0 saturated carbocycles. The summed E-state index contributed by atoms with van der Waals surface area (Å²) in [5.74, 6) is -0.432. The summed E-state index contributed by atoms with van der Waals surface area (Å²) >= 11 is 0. The van der Waals surface area contributed by atoms with Gasteiger partial charge in [-0.15, -0.1) is 13.2 Å². The fourth-order valence-corrected chi connectivity index (χ4v) is 3.31. The standard InChI is InChI=1S/C21H30F3N3O4/c1-13(2)17-26-16(9-10-25-19(29)31-20(3,4)5)18(28)27(17)12-14-7-6-8-15(11-14)30-21(22,23)24/h6-8,11,13,16-17,26H,9-10,12H2,1-5H3,(H,25,29). The molecule has 2 amide bonds. The van der Waals surface area contributed by atoms with Crippen molar-refractivity contribution in [1.29, 1.82) is 0 Å². The van der Waals surface area contributed by atoms with Gasteiger partial charge in [0.2, 0.25) is 5.91 Å². The van der Waals surface area contributed by atoms with Crippen molar-refractivity contribution in [2.75, 3.05) is 6.54 Å². The van der Waals surface area contributed by atoms with Crippen LogP contribution in [0.1, 0.15) is 46.6 Å². The zero-order valence-electron chi connectivity index (χ0n) is 18.4. The molecule has 174 valence electrons. The third-order valence-electron chi connectivity index (χ3n) is 4.51. The first kappa shape index (κ1) is 24.8. The molecule has 1 heterocycles. The molecule has 1 aliphatic heterocycles. The van der Waals surface area contributed by atoms with Gasteiger partial charge in [-0.1, -0.05) is 26.0 Å². The summed E-state index contributed by atoms with van der Waals surface area (Å²) in [6.45, 7) is 9.55. The number of hydrogen-bond donors (Lipinski definition) is 2. The van der Waals surface area contributed by atoms with Gasteiger partial charge in [0, 0.05) is 13.1 Å². The number of alkyl halides is 3. The Morgan fingerprint density at radius 2 is 1.94 bits per heavy atom. The Bertz CT molecular complexity index is 778. The quantitative estimate of drug-likeness (QED) is 0.668. The topological polar surface area (TPSA) is 79.9 Å². The Morgan fingerprint density at radius 3 is 2.52 bits per heavy atom. The van der Waals surface area contributed by atoms with Crippen LogP contribution < -0.4 is 15.4 Å².